The smallest absolute Gasteiger partial charge is 0.332 e. The standard InChI is InChI=1S/C33H55NO14/c1-5-19-12-20(15(2)36)13-21(29(19)48-33-28(41)27(40)25(38)16(3)44-33)46-32-24(34-17(4)37)30(26(39)23(14-35)47-32)45-22(31(42)43)11-18-9-7-6-8-10-18/h16,18-30,32-33,35,38-41H,5-14H2,1-4H3,(H,34,37)(H,42,43)/t16-,19?,20?,21+,22-,23-,24?,25-,26-,27?,28-,29+,30?,32+,33?/m0/s1. The number of ketones is 1. The predicted molar refractivity (Wildman–Crippen MR) is 166 cm³/mol. The van der Waals surface area contributed by atoms with Gasteiger partial charge in [0, 0.05) is 12.8 Å². The molecule has 2 saturated carbocycles. The fourth-order valence-corrected chi connectivity index (χ4v) is 7.69. The van der Waals surface area contributed by atoms with Gasteiger partial charge in [-0.1, -0.05) is 45.4 Å². The third kappa shape index (κ3) is 9.30. The molecule has 7 N–H and O–H groups in total. The number of hydrogen-bond acceptors (Lipinski definition) is 13. The van der Waals surface area contributed by atoms with Crippen molar-refractivity contribution in [2.75, 3.05) is 6.61 Å². The molecular weight excluding hydrogens is 634 g/mol. The van der Waals surface area contributed by atoms with Crippen LogP contribution in [0.25, 0.3) is 0 Å². The van der Waals surface area contributed by atoms with Gasteiger partial charge in [0.05, 0.1) is 24.9 Å². The molecule has 2 saturated heterocycles. The van der Waals surface area contributed by atoms with Crippen molar-refractivity contribution in [1.82, 2.24) is 5.32 Å². The summed E-state index contributed by atoms with van der Waals surface area (Å²) >= 11 is 0. The number of hydrogen-bond donors (Lipinski definition) is 7. The Bertz CT molecular complexity index is 1070. The van der Waals surface area contributed by atoms with Gasteiger partial charge >= 0.3 is 5.97 Å². The number of carbonyl (C=O) groups excluding carboxylic acids is 2. The van der Waals surface area contributed by atoms with E-state index < -0.39 is 104 Å². The minimum absolute atomic E-state index is 0.0820. The van der Waals surface area contributed by atoms with Crippen molar-refractivity contribution >= 4 is 17.7 Å². The Morgan fingerprint density at radius 2 is 1.56 bits per heavy atom. The topological polar surface area (TPSA) is 231 Å². The predicted octanol–water partition coefficient (Wildman–Crippen LogP) is 0.00110. The van der Waals surface area contributed by atoms with E-state index >= 15 is 0 Å². The van der Waals surface area contributed by atoms with Gasteiger partial charge in [0.2, 0.25) is 5.91 Å². The van der Waals surface area contributed by atoms with Gasteiger partial charge < -0.3 is 59.6 Å². The molecule has 2 aliphatic carbocycles. The van der Waals surface area contributed by atoms with Crippen LogP contribution in [0.4, 0.5) is 0 Å². The number of ether oxygens (including phenoxy) is 5. The summed E-state index contributed by atoms with van der Waals surface area (Å²) < 4.78 is 30.6. The van der Waals surface area contributed by atoms with E-state index in [9.17, 15) is 45.0 Å². The molecule has 0 aromatic carbocycles. The van der Waals surface area contributed by atoms with Crippen molar-refractivity contribution in [3.63, 3.8) is 0 Å². The van der Waals surface area contributed by atoms with E-state index in [1.165, 1.54) is 20.8 Å². The summed E-state index contributed by atoms with van der Waals surface area (Å²) in [5, 5.41) is 65.6. The zero-order chi connectivity index (χ0) is 35.3. The molecule has 2 aliphatic heterocycles. The molecule has 15 heteroatoms. The first kappa shape index (κ1) is 39.0. The van der Waals surface area contributed by atoms with Crippen LogP contribution >= 0.6 is 0 Å². The molecule has 48 heavy (non-hydrogen) atoms. The van der Waals surface area contributed by atoms with E-state index in [1.807, 2.05) is 6.92 Å². The highest BCUT2D eigenvalue weighted by Gasteiger charge is 2.52. The molecule has 1 amide bonds. The highest BCUT2D eigenvalue weighted by Crippen LogP contribution is 2.40. The number of nitrogens with one attached hydrogen (secondary N) is 1. The first-order valence-corrected chi connectivity index (χ1v) is 17.4. The van der Waals surface area contributed by atoms with Crippen LogP contribution in [0.5, 0.6) is 0 Å². The zero-order valence-corrected chi connectivity index (χ0v) is 28.3. The summed E-state index contributed by atoms with van der Waals surface area (Å²) in [7, 11) is 0. The van der Waals surface area contributed by atoms with Gasteiger partial charge in [0.15, 0.2) is 18.7 Å². The van der Waals surface area contributed by atoms with Crippen molar-refractivity contribution in [3.05, 3.63) is 0 Å². The van der Waals surface area contributed by atoms with Crippen molar-refractivity contribution in [3.8, 4) is 0 Å². The van der Waals surface area contributed by atoms with Gasteiger partial charge in [-0.25, -0.2) is 4.79 Å². The number of Topliss-reactive ketones (excluding diaryl/α,β-unsaturated/α-hetero) is 1. The van der Waals surface area contributed by atoms with Crippen LogP contribution in [0.3, 0.4) is 0 Å². The van der Waals surface area contributed by atoms with E-state index in [0.29, 0.717) is 12.8 Å². The first-order valence-electron chi connectivity index (χ1n) is 17.4. The van der Waals surface area contributed by atoms with Gasteiger partial charge in [-0.15, -0.1) is 0 Å². The number of carboxylic acid groups (broad SMARTS) is 1. The average molecular weight is 690 g/mol. The van der Waals surface area contributed by atoms with E-state index in [0.717, 1.165) is 32.1 Å². The highest BCUT2D eigenvalue weighted by atomic mass is 16.7. The van der Waals surface area contributed by atoms with Crippen LogP contribution in [0, 0.1) is 17.8 Å². The Kier molecular flexibility index (Phi) is 14.2. The second-order valence-corrected chi connectivity index (χ2v) is 14.0. The molecule has 0 radical (unpaired) electrons. The second-order valence-electron chi connectivity index (χ2n) is 14.0. The number of amides is 1. The van der Waals surface area contributed by atoms with Gasteiger partial charge in [-0.3, -0.25) is 9.59 Å². The Labute approximate surface area is 281 Å². The molecule has 4 fully saturated rings. The molecule has 276 valence electrons. The Morgan fingerprint density at radius 1 is 0.875 bits per heavy atom. The number of aliphatic hydroxyl groups excluding tert-OH is 5. The molecule has 2 heterocycles. The third-order valence-electron chi connectivity index (χ3n) is 10.5. The lowest BCUT2D eigenvalue weighted by molar-refractivity contribution is -0.338. The summed E-state index contributed by atoms with van der Waals surface area (Å²) in [4.78, 5) is 37.6. The number of rotatable bonds is 13. The molecule has 15 nitrogen and oxygen atoms in total. The van der Waals surface area contributed by atoms with Gasteiger partial charge in [-0.05, 0) is 44.9 Å². The lowest BCUT2D eigenvalue weighted by Gasteiger charge is -2.49. The molecule has 6 unspecified atom stereocenters. The Morgan fingerprint density at radius 3 is 2.15 bits per heavy atom. The number of carboxylic acids is 1. The molecular formula is C33H55NO14. The Hall–Kier alpha value is -1.79. The minimum atomic E-state index is -1.60. The summed E-state index contributed by atoms with van der Waals surface area (Å²) in [6.45, 7) is 5.47. The highest BCUT2D eigenvalue weighted by molar-refractivity contribution is 5.78. The first-order chi connectivity index (χ1) is 22.7. The minimum Gasteiger partial charge on any atom is -0.479 e. The third-order valence-corrected chi connectivity index (χ3v) is 10.5. The lowest BCUT2D eigenvalue weighted by atomic mass is 9.75. The summed E-state index contributed by atoms with van der Waals surface area (Å²) in [5.74, 6) is -2.46. The van der Waals surface area contributed by atoms with Crippen molar-refractivity contribution < 1.29 is 68.7 Å². The lowest BCUT2D eigenvalue weighted by Crippen LogP contribution is -2.67. The van der Waals surface area contributed by atoms with Crippen LogP contribution in [0.1, 0.15) is 85.5 Å². The number of aliphatic carboxylic acids is 1. The fraction of sp³-hybridized carbons (Fsp3) is 0.909. The quantitative estimate of drug-likeness (QED) is 0.135. The molecule has 0 aromatic heterocycles. The summed E-state index contributed by atoms with van der Waals surface area (Å²) in [5.41, 5.74) is 0. The van der Waals surface area contributed by atoms with Crippen LogP contribution in [0.2, 0.25) is 0 Å². The number of carbonyl (C=O) groups is 3. The van der Waals surface area contributed by atoms with Gasteiger partial charge in [-0.2, -0.15) is 0 Å². The van der Waals surface area contributed by atoms with Gasteiger partial charge in [0.25, 0.3) is 0 Å². The van der Waals surface area contributed by atoms with Crippen LogP contribution < -0.4 is 5.32 Å². The van der Waals surface area contributed by atoms with Crippen molar-refractivity contribution in [1.29, 1.82) is 0 Å². The number of aliphatic hydroxyl groups is 5. The van der Waals surface area contributed by atoms with Crippen molar-refractivity contribution in [2.24, 2.45) is 17.8 Å². The van der Waals surface area contributed by atoms with Crippen LogP contribution in [-0.4, -0.2) is 135 Å². The largest absolute Gasteiger partial charge is 0.479 e. The molecule has 0 spiro atoms. The average Bonchev–Trinajstić information content (AvgIpc) is 3.05. The van der Waals surface area contributed by atoms with E-state index in [-0.39, 0.29) is 30.5 Å². The van der Waals surface area contributed by atoms with E-state index in [2.05, 4.69) is 5.32 Å². The van der Waals surface area contributed by atoms with Crippen LogP contribution in [-0.2, 0) is 38.1 Å². The van der Waals surface area contributed by atoms with Crippen molar-refractivity contribution in [2.45, 2.75) is 165 Å². The fourth-order valence-electron chi connectivity index (χ4n) is 7.69. The van der Waals surface area contributed by atoms with E-state index in [4.69, 9.17) is 23.7 Å². The van der Waals surface area contributed by atoms with Gasteiger partial charge in [0.1, 0.15) is 48.4 Å². The normalized spacial score (nSPS) is 41.8. The molecule has 0 aromatic rings. The Balaban J connectivity index is 1.64. The van der Waals surface area contributed by atoms with Crippen LogP contribution in [0.15, 0.2) is 0 Å². The zero-order valence-electron chi connectivity index (χ0n) is 28.3. The monoisotopic (exact) mass is 689 g/mol. The maximum absolute atomic E-state index is 12.7. The molecule has 4 rings (SSSR count). The maximum Gasteiger partial charge on any atom is 0.332 e. The second kappa shape index (κ2) is 17.4. The SMILES string of the molecule is CCC1CC(C(C)=O)C[C@@H](O[C@@H]2O[C@@H](CO)[C@H](O)C(O[C@@H](CC3CCCCC3)C(=O)O)C2NC(C)=O)[C@@H]1OC1O[C@@H](C)[C@H](O)C(O)[C@@H]1O. The van der Waals surface area contributed by atoms with E-state index in [1.54, 1.807) is 0 Å². The summed E-state index contributed by atoms with van der Waals surface area (Å²) in [6, 6.07) is -1.24. The molecule has 4 aliphatic rings. The maximum atomic E-state index is 12.7. The molecule has 0 bridgehead atoms. The summed E-state index contributed by atoms with van der Waals surface area (Å²) in [6.07, 6.45) is -9.25. The molecule has 15 atom stereocenters.